The van der Waals surface area contributed by atoms with E-state index in [1.807, 2.05) is 24.3 Å². The minimum atomic E-state index is -0.355. The van der Waals surface area contributed by atoms with Crippen LogP contribution in [0.1, 0.15) is 16.9 Å². The molecule has 2 heterocycles. The number of rotatable bonds is 4. The monoisotopic (exact) mass is 322 g/mol. The third-order valence-electron chi connectivity index (χ3n) is 3.28. The van der Waals surface area contributed by atoms with Gasteiger partial charge in [0.25, 0.3) is 5.91 Å². The van der Waals surface area contributed by atoms with E-state index in [1.165, 1.54) is 0 Å². The van der Waals surface area contributed by atoms with E-state index in [4.69, 9.17) is 26.8 Å². The lowest BCUT2D eigenvalue weighted by Gasteiger charge is -2.26. The van der Waals surface area contributed by atoms with Crippen molar-refractivity contribution in [1.29, 1.82) is 0 Å². The quantitative estimate of drug-likeness (QED) is 0.793. The minimum absolute atomic E-state index is 0.104. The summed E-state index contributed by atoms with van der Waals surface area (Å²) in [6.45, 7) is 0.870. The second kappa shape index (κ2) is 6.15. The number of benzene rings is 1. The number of nitrogen functional groups attached to an aromatic ring is 1. The number of aromatic amines is 1. The largest absolute Gasteiger partial charge is 0.486 e. The number of H-pyrrole nitrogens is 1. The predicted molar refractivity (Wildman–Crippen MR) is 81.3 cm³/mol. The highest BCUT2D eigenvalue weighted by molar-refractivity contribution is 6.35. The van der Waals surface area contributed by atoms with Crippen LogP contribution in [-0.2, 0) is 0 Å². The molecular formula is C14H15ClN4O3. The molecule has 1 amide bonds. The number of ether oxygens (including phenoxy) is 2. The molecular weight excluding hydrogens is 308 g/mol. The Balaban J connectivity index is 1.50. The van der Waals surface area contributed by atoms with Crippen molar-refractivity contribution in [1.82, 2.24) is 15.5 Å². The summed E-state index contributed by atoms with van der Waals surface area (Å²) < 4.78 is 11.4. The van der Waals surface area contributed by atoms with Gasteiger partial charge in [0.15, 0.2) is 17.3 Å². The number of carbonyl (C=O) groups excluding carboxylic acids is 1. The van der Waals surface area contributed by atoms with Crippen LogP contribution in [0.2, 0.25) is 5.02 Å². The highest BCUT2D eigenvalue weighted by atomic mass is 35.5. The van der Waals surface area contributed by atoms with Crippen molar-refractivity contribution >= 4 is 23.3 Å². The maximum absolute atomic E-state index is 11.9. The molecule has 7 nitrogen and oxygen atoms in total. The van der Waals surface area contributed by atoms with Gasteiger partial charge in [-0.05, 0) is 12.1 Å². The highest BCUT2D eigenvalue weighted by Gasteiger charge is 2.21. The summed E-state index contributed by atoms with van der Waals surface area (Å²) in [6, 6.07) is 7.49. The first-order valence-electron chi connectivity index (χ1n) is 6.81. The van der Waals surface area contributed by atoms with Gasteiger partial charge in [-0.1, -0.05) is 23.7 Å². The number of aromatic nitrogens is 2. The van der Waals surface area contributed by atoms with Gasteiger partial charge in [-0.25, -0.2) is 0 Å². The van der Waals surface area contributed by atoms with E-state index in [2.05, 4.69) is 15.5 Å². The third kappa shape index (κ3) is 2.94. The second-order valence-electron chi connectivity index (χ2n) is 4.84. The van der Waals surface area contributed by atoms with Crippen molar-refractivity contribution < 1.29 is 14.3 Å². The van der Waals surface area contributed by atoms with Gasteiger partial charge in [0, 0.05) is 13.0 Å². The van der Waals surface area contributed by atoms with Gasteiger partial charge in [-0.3, -0.25) is 9.89 Å². The molecule has 1 aliphatic rings. The number of anilines is 1. The van der Waals surface area contributed by atoms with Crippen LogP contribution in [0.5, 0.6) is 11.5 Å². The van der Waals surface area contributed by atoms with Crippen LogP contribution in [0.25, 0.3) is 0 Å². The highest BCUT2D eigenvalue weighted by Crippen LogP contribution is 2.31. The summed E-state index contributed by atoms with van der Waals surface area (Å²) in [7, 11) is 0. The molecule has 0 unspecified atom stereocenters. The number of halogens is 1. The molecule has 1 aliphatic heterocycles. The molecule has 2 aromatic rings. The van der Waals surface area contributed by atoms with E-state index in [9.17, 15) is 4.79 Å². The zero-order valence-corrected chi connectivity index (χ0v) is 12.4. The number of para-hydroxylation sites is 2. The van der Waals surface area contributed by atoms with Crippen molar-refractivity contribution in [3.05, 3.63) is 35.0 Å². The summed E-state index contributed by atoms with van der Waals surface area (Å²) in [5.41, 5.74) is 5.64. The van der Waals surface area contributed by atoms with E-state index in [1.54, 1.807) is 0 Å². The van der Waals surface area contributed by atoms with Crippen LogP contribution in [-0.4, -0.2) is 35.4 Å². The summed E-state index contributed by atoms with van der Waals surface area (Å²) >= 11 is 5.86. The van der Waals surface area contributed by atoms with Gasteiger partial charge in [0.2, 0.25) is 0 Å². The molecule has 8 heteroatoms. The van der Waals surface area contributed by atoms with Crippen molar-refractivity contribution in [2.24, 2.45) is 0 Å². The minimum Gasteiger partial charge on any atom is -0.486 e. The lowest BCUT2D eigenvalue weighted by Crippen LogP contribution is -2.34. The van der Waals surface area contributed by atoms with Crippen LogP contribution in [0, 0.1) is 0 Å². The Labute approximate surface area is 131 Å². The van der Waals surface area contributed by atoms with E-state index >= 15 is 0 Å². The van der Waals surface area contributed by atoms with Crippen LogP contribution in [0.15, 0.2) is 24.3 Å². The van der Waals surface area contributed by atoms with E-state index < -0.39 is 0 Å². The number of carbonyl (C=O) groups is 1. The van der Waals surface area contributed by atoms with Gasteiger partial charge in [0.1, 0.15) is 23.4 Å². The average molecular weight is 323 g/mol. The van der Waals surface area contributed by atoms with Gasteiger partial charge in [-0.15, -0.1) is 0 Å². The molecule has 0 fully saturated rings. The van der Waals surface area contributed by atoms with E-state index in [0.29, 0.717) is 19.6 Å². The SMILES string of the molecule is Nc1n[nH]c(C(=O)NCC[C@@H]2COc3ccccc3O2)c1Cl. The fourth-order valence-electron chi connectivity index (χ4n) is 2.13. The molecule has 0 aliphatic carbocycles. The molecule has 3 rings (SSSR count). The topological polar surface area (TPSA) is 102 Å². The van der Waals surface area contributed by atoms with E-state index in [-0.39, 0.29) is 28.5 Å². The summed E-state index contributed by atoms with van der Waals surface area (Å²) in [6.07, 6.45) is 0.499. The van der Waals surface area contributed by atoms with Gasteiger partial charge >= 0.3 is 0 Å². The van der Waals surface area contributed by atoms with Crippen LogP contribution >= 0.6 is 11.6 Å². The zero-order valence-electron chi connectivity index (χ0n) is 11.6. The molecule has 0 radical (unpaired) electrons. The lowest BCUT2D eigenvalue weighted by molar-refractivity contribution is 0.0811. The molecule has 0 spiro atoms. The molecule has 0 saturated carbocycles. The fraction of sp³-hybridized carbons (Fsp3) is 0.286. The van der Waals surface area contributed by atoms with Crippen molar-refractivity contribution in [3.8, 4) is 11.5 Å². The Hall–Kier alpha value is -2.41. The standard InChI is InChI=1S/C14H15ClN4O3/c15-11-12(18-19-13(11)16)14(20)17-6-5-8-7-21-9-3-1-2-4-10(9)22-8/h1-4,8H,5-7H2,(H,17,20)(H3,16,18,19)/t8-/m1/s1. The van der Waals surface area contributed by atoms with Crippen molar-refractivity contribution in [3.63, 3.8) is 0 Å². The first kappa shape index (κ1) is 14.5. The first-order chi connectivity index (χ1) is 10.6. The zero-order chi connectivity index (χ0) is 15.5. The third-order valence-corrected chi connectivity index (χ3v) is 3.66. The number of hydrogen-bond acceptors (Lipinski definition) is 5. The normalized spacial score (nSPS) is 16.3. The Morgan fingerprint density at radius 1 is 1.45 bits per heavy atom. The second-order valence-corrected chi connectivity index (χ2v) is 5.22. The van der Waals surface area contributed by atoms with E-state index in [0.717, 1.165) is 11.5 Å². The molecule has 1 aromatic heterocycles. The average Bonchev–Trinajstić information content (AvgIpc) is 2.87. The molecule has 116 valence electrons. The molecule has 1 aromatic carbocycles. The number of hydrogen-bond donors (Lipinski definition) is 3. The number of nitrogens with two attached hydrogens (primary N) is 1. The molecule has 4 N–H and O–H groups in total. The Bertz CT molecular complexity index is 688. The molecule has 22 heavy (non-hydrogen) atoms. The maximum atomic E-state index is 11.9. The summed E-state index contributed by atoms with van der Waals surface area (Å²) in [5.74, 6) is 1.20. The predicted octanol–water partition coefficient (Wildman–Crippen LogP) is 1.61. The Morgan fingerprint density at radius 3 is 2.95 bits per heavy atom. The Kier molecular flexibility index (Phi) is 4.06. The number of fused-ring (bicyclic) bond motifs is 1. The molecule has 0 bridgehead atoms. The van der Waals surface area contributed by atoms with Crippen molar-refractivity contribution in [2.75, 3.05) is 18.9 Å². The smallest absolute Gasteiger partial charge is 0.270 e. The number of nitrogens with one attached hydrogen (secondary N) is 2. The first-order valence-corrected chi connectivity index (χ1v) is 7.19. The van der Waals surface area contributed by atoms with Crippen LogP contribution in [0.3, 0.4) is 0 Å². The van der Waals surface area contributed by atoms with Crippen LogP contribution < -0.4 is 20.5 Å². The van der Waals surface area contributed by atoms with Gasteiger partial charge < -0.3 is 20.5 Å². The van der Waals surface area contributed by atoms with Crippen molar-refractivity contribution in [2.45, 2.75) is 12.5 Å². The van der Waals surface area contributed by atoms with Crippen LogP contribution in [0.4, 0.5) is 5.82 Å². The number of nitrogens with zero attached hydrogens (tertiary/aromatic N) is 1. The Morgan fingerprint density at radius 2 is 2.23 bits per heavy atom. The summed E-state index contributed by atoms with van der Waals surface area (Å²) in [5, 5.41) is 9.04. The number of amides is 1. The lowest BCUT2D eigenvalue weighted by atomic mass is 10.2. The van der Waals surface area contributed by atoms with Gasteiger partial charge in [-0.2, -0.15) is 5.10 Å². The maximum Gasteiger partial charge on any atom is 0.270 e. The summed E-state index contributed by atoms with van der Waals surface area (Å²) in [4.78, 5) is 11.9. The fourth-order valence-corrected chi connectivity index (χ4v) is 2.30. The molecule has 0 saturated heterocycles. The molecule has 1 atom stereocenters. The van der Waals surface area contributed by atoms with Gasteiger partial charge in [0.05, 0.1) is 0 Å².